The van der Waals surface area contributed by atoms with Crippen molar-refractivity contribution in [2.75, 3.05) is 0 Å². The minimum atomic E-state index is 0.529. The van der Waals surface area contributed by atoms with E-state index in [9.17, 15) is 5.26 Å². The van der Waals surface area contributed by atoms with Crippen LogP contribution in [0.2, 0.25) is 0 Å². The van der Waals surface area contributed by atoms with Gasteiger partial charge in [-0.1, -0.05) is 381 Å². The highest BCUT2D eigenvalue weighted by molar-refractivity contribution is 6.19. The summed E-state index contributed by atoms with van der Waals surface area (Å²) in [7, 11) is 0. The fraction of sp³-hybridized carbons (Fsp3) is 0.0152. The minimum Gasteiger partial charge on any atom is -0.456 e. The number of hydrogen-bond donors (Lipinski definition) is 0. The summed E-state index contributed by atoms with van der Waals surface area (Å²) in [5.74, 6) is 5.21. The third-order valence-electron chi connectivity index (χ3n) is 28.1. The maximum Gasteiger partial charge on any atom is 0.238 e. The molecule has 29 rings (SSSR count). The number of aromatic nitrogens is 12. The Balaban J connectivity index is 0.000000110. The van der Waals surface area contributed by atoms with E-state index in [0.29, 0.717) is 58.4 Å². The summed E-state index contributed by atoms with van der Waals surface area (Å²) in [5.41, 5.74) is 30.5. The lowest BCUT2D eigenvalue weighted by Gasteiger charge is -2.12. The molecule has 29 aromatic rings. The standard InChI is InChI=1S/C46H27N5O.C46H30N4O.C40H26N4O/c47-28-29-20-22-32(23-21-29)34-14-8-18-40-42(34)43-37(15-9-19-41(43)52-40)45-48-44(33-26-24-31(25-27-33)30-10-2-1-3-11-30)49-46(50-45)51-38-16-6-4-12-35(38)36-13-5-7-17-39(36)51;1-29-18-20-32(21-19-29)35-14-9-15-38-39-28-34(26-27-42(39)51-43(35)38)45-47-44(33-24-22-31(23-25-33)30-10-3-2-4-11-30)48-46(49-45)50-40-16-7-5-12-36(40)37-13-6-8-17-41(37)50;1-25-18-20-26(21-19-25)29-14-9-15-32-33-24-28(22-23-36(33)45-37(29)32)39-41-38(27-10-3-2-4-11-27)42-40(43-39)44-34-16-7-5-12-30(34)31-13-6-8-17-35(31)44/h1-27H;2-28H,1H3;2-24H,1H3. The number of rotatable bonds is 14. The van der Waals surface area contributed by atoms with E-state index in [1.54, 1.807) is 0 Å². The van der Waals surface area contributed by atoms with Crippen LogP contribution in [0.15, 0.2) is 480 Å². The molecule has 0 saturated carbocycles. The molecule has 0 bridgehead atoms. The first kappa shape index (κ1) is 86.8. The quantitative estimate of drug-likeness (QED) is 0.0999. The molecule has 16 nitrogen and oxygen atoms in total. The van der Waals surface area contributed by atoms with Gasteiger partial charge in [0.15, 0.2) is 34.9 Å². The Morgan fingerprint density at radius 1 is 0.189 bits per heavy atom. The number of para-hydroxylation sites is 8. The molecular formula is C132H83N13O3. The Morgan fingerprint density at radius 3 is 0.831 bits per heavy atom. The first-order valence-corrected chi connectivity index (χ1v) is 49.2. The number of nitrogens with zero attached hydrogens (tertiary/aromatic N) is 13. The van der Waals surface area contributed by atoms with Crippen molar-refractivity contribution in [3.63, 3.8) is 0 Å². The van der Waals surface area contributed by atoms with E-state index in [2.05, 4.69) is 361 Å². The van der Waals surface area contributed by atoms with Crippen molar-refractivity contribution in [1.29, 1.82) is 5.26 Å². The van der Waals surface area contributed by atoms with Gasteiger partial charge in [-0.15, -0.1) is 0 Å². The van der Waals surface area contributed by atoms with Crippen molar-refractivity contribution >= 4 is 131 Å². The van der Waals surface area contributed by atoms with Gasteiger partial charge >= 0.3 is 0 Å². The number of furan rings is 3. The predicted molar refractivity (Wildman–Crippen MR) is 598 cm³/mol. The molecule has 16 heteroatoms. The number of aryl methyl sites for hydroxylation is 2. The summed E-state index contributed by atoms with van der Waals surface area (Å²) < 4.78 is 25.9. The monoisotopic (exact) mass is 1900 g/mol. The van der Waals surface area contributed by atoms with Crippen molar-refractivity contribution in [3.8, 4) is 148 Å². The van der Waals surface area contributed by atoms with Crippen LogP contribution in [0.4, 0.5) is 0 Å². The predicted octanol–water partition coefficient (Wildman–Crippen LogP) is 33.4. The number of hydrogen-bond acceptors (Lipinski definition) is 13. The Labute approximate surface area is 848 Å². The van der Waals surface area contributed by atoms with Crippen LogP contribution in [-0.4, -0.2) is 58.6 Å². The molecule has 694 valence electrons. The van der Waals surface area contributed by atoms with Crippen LogP contribution in [0.25, 0.3) is 273 Å². The van der Waals surface area contributed by atoms with E-state index < -0.39 is 0 Å². The average Bonchev–Trinajstić information content (AvgIpc) is 1.63. The molecule has 9 aromatic heterocycles. The van der Waals surface area contributed by atoms with Crippen molar-refractivity contribution in [1.82, 2.24) is 58.6 Å². The van der Waals surface area contributed by atoms with Crippen molar-refractivity contribution < 1.29 is 13.3 Å². The van der Waals surface area contributed by atoms with Gasteiger partial charge in [-0.25, -0.2) is 15.0 Å². The summed E-state index contributed by atoms with van der Waals surface area (Å²) in [6.07, 6.45) is 0. The molecule has 0 saturated heterocycles. The zero-order valence-corrected chi connectivity index (χ0v) is 80.0. The van der Waals surface area contributed by atoms with Gasteiger partial charge in [-0.2, -0.15) is 35.2 Å². The van der Waals surface area contributed by atoms with Gasteiger partial charge in [0.25, 0.3) is 0 Å². The van der Waals surface area contributed by atoms with Crippen LogP contribution in [0.5, 0.6) is 0 Å². The maximum absolute atomic E-state index is 9.43. The molecule has 148 heavy (non-hydrogen) atoms. The minimum absolute atomic E-state index is 0.529. The second-order valence-electron chi connectivity index (χ2n) is 37.1. The lowest BCUT2D eigenvalue weighted by molar-refractivity contribution is 0.669. The zero-order valence-electron chi connectivity index (χ0n) is 80.0. The summed E-state index contributed by atoms with van der Waals surface area (Å²) in [6, 6.07) is 162. The summed E-state index contributed by atoms with van der Waals surface area (Å²) in [4.78, 5) is 46.3. The number of nitriles is 1. The second-order valence-corrected chi connectivity index (χ2v) is 37.1. The molecule has 9 heterocycles. The Kier molecular flexibility index (Phi) is 21.3. The molecule has 0 unspecified atom stereocenters. The van der Waals surface area contributed by atoms with Gasteiger partial charge in [0.1, 0.15) is 33.5 Å². The van der Waals surface area contributed by atoms with E-state index in [1.165, 1.54) is 11.1 Å². The molecule has 0 aliphatic carbocycles. The van der Waals surface area contributed by atoms with Gasteiger partial charge in [0.05, 0.1) is 44.7 Å². The largest absolute Gasteiger partial charge is 0.456 e. The van der Waals surface area contributed by atoms with E-state index in [-0.39, 0.29) is 0 Å². The van der Waals surface area contributed by atoms with E-state index in [1.807, 2.05) is 140 Å². The third kappa shape index (κ3) is 15.5. The first-order valence-electron chi connectivity index (χ1n) is 49.2. The molecule has 0 N–H and O–H groups in total. The van der Waals surface area contributed by atoms with Gasteiger partial charge in [-0.05, 0) is 155 Å². The van der Waals surface area contributed by atoms with E-state index in [0.717, 1.165) is 220 Å². The van der Waals surface area contributed by atoms with Gasteiger partial charge < -0.3 is 13.3 Å². The van der Waals surface area contributed by atoms with Gasteiger partial charge in [-0.3, -0.25) is 13.7 Å². The van der Waals surface area contributed by atoms with Gasteiger partial charge in [0.2, 0.25) is 17.8 Å². The highest BCUT2D eigenvalue weighted by atomic mass is 16.3. The highest BCUT2D eigenvalue weighted by Gasteiger charge is 2.27. The van der Waals surface area contributed by atoms with Crippen LogP contribution in [0.1, 0.15) is 16.7 Å². The van der Waals surface area contributed by atoms with E-state index in [4.69, 9.17) is 58.1 Å². The van der Waals surface area contributed by atoms with Crippen LogP contribution < -0.4 is 0 Å². The normalized spacial score (nSPS) is 11.6. The van der Waals surface area contributed by atoms with Crippen LogP contribution in [0, 0.1) is 25.2 Å². The van der Waals surface area contributed by atoms with Crippen LogP contribution >= 0.6 is 0 Å². The lowest BCUT2D eigenvalue weighted by atomic mass is 9.96. The van der Waals surface area contributed by atoms with Crippen molar-refractivity contribution in [2.45, 2.75) is 13.8 Å². The molecule has 20 aromatic carbocycles. The summed E-state index contributed by atoms with van der Waals surface area (Å²) >= 11 is 0. The van der Waals surface area contributed by atoms with Crippen molar-refractivity contribution in [2.24, 2.45) is 0 Å². The van der Waals surface area contributed by atoms with Crippen LogP contribution in [0.3, 0.4) is 0 Å². The molecule has 0 fully saturated rings. The Morgan fingerprint density at radius 2 is 0.453 bits per heavy atom. The van der Waals surface area contributed by atoms with Crippen LogP contribution in [-0.2, 0) is 0 Å². The number of benzene rings is 20. The molecule has 0 spiro atoms. The maximum atomic E-state index is 9.43. The molecule has 0 atom stereocenters. The SMILES string of the molecule is Cc1ccc(-c2cccc3c2oc2ccc(-c4nc(-c5ccc(-c6ccccc6)cc5)nc(-n5c6ccccc6c6ccccc65)n4)cc23)cc1.Cc1ccc(-c2cccc3c2oc2ccc(-c4nc(-c5ccccc5)nc(-n5c6ccccc6c6ccccc65)n4)cc23)cc1.N#Cc1ccc(-c2cccc3oc4cccc(-c5nc(-c6ccc(-c7ccccc7)cc6)nc(-n6c7ccccc7c7ccccc76)n5)c4c23)cc1. The number of fused-ring (bicyclic) bond motifs is 18. The zero-order chi connectivity index (χ0) is 98.4. The Bertz CT molecular complexity index is 10200. The van der Waals surface area contributed by atoms with Gasteiger partial charge in [0, 0.05) is 109 Å². The fourth-order valence-electron chi connectivity index (χ4n) is 20.9. The molecule has 0 aliphatic rings. The first-order chi connectivity index (χ1) is 73.1. The molecule has 0 aliphatic heterocycles. The molecule has 0 amide bonds. The molecule has 0 radical (unpaired) electrons. The fourth-order valence-corrected chi connectivity index (χ4v) is 20.9. The smallest absolute Gasteiger partial charge is 0.238 e. The van der Waals surface area contributed by atoms with E-state index >= 15 is 0 Å². The van der Waals surface area contributed by atoms with Crippen molar-refractivity contribution in [3.05, 3.63) is 484 Å². The third-order valence-corrected chi connectivity index (χ3v) is 28.1. The summed E-state index contributed by atoms with van der Waals surface area (Å²) in [5, 5.41) is 22.4. The Hall–Kier alpha value is -20.3. The average molecular weight is 1900 g/mol. The second kappa shape index (κ2) is 36.4. The molecular weight excluding hydrogens is 1820 g/mol. The lowest BCUT2D eigenvalue weighted by Crippen LogP contribution is -2.06. The summed E-state index contributed by atoms with van der Waals surface area (Å²) in [6.45, 7) is 4.20. The topological polar surface area (TPSA) is 194 Å². The highest BCUT2D eigenvalue weighted by Crippen LogP contribution is 2.46.